The SMILES string of the molecule is O=C(CS(=O)(=O)c1ccc(F)c(F)c1)Nc1cccc(Cl)c1. The van der Waals surface area contributed by atoms with E-state index in [1.54, 1.807) is 12.1 Å². The van der Waals surface area contributed by atoms with Crippen molar-refractivity contribution in [1.29, 1.82) is 0 Å². The lowest BCUT2D eigenvalue weighted by Crippen LogP contribution is -2.23. The van der Waals surface area contributed by atoms with Crippen LogP contribution < -0.4 is 5.32 Å². The van der Waals surface area contributed by atoms with Crippen molar-refractivity contribution in [3.8, 4) is 0 Å². The number of benzene rings is 2. The zero-order valence-corrected chi connectivity index (χ0v) is 12.6. The summed E-state index contributed by atoms with van der Waals surface area (Å²) in [6.07, 6.45) is 0. The summed E-state index contributed by atoms with van der Waals surface area (Å²) < 4.78 is 49.9. The van der Waals surface area contributed by atoms with E-state index in [0.717, 1.165) is 6.07 Å². The van der Waals surface area contributed by atoms with Gasteiger partial charge in [-0.2, -0.15) is 0 Å². The van der Waals surface area contributed by atoms with Gasteiger partial charge in [0.25, 0.3) is 0 Å². The fourth-order valence-corrected chi connectivity index (χ4v) is 3.02. The van der Waals surface area contributed by atoms with Gasteiger partial charge in [-0.1, -0.05) is 17.7 Å². The third-order valence-corrected chi connectivity index (χ3v) is 4.53. The van der Waals surface area contributed by atoms with Gasteiger partial charge < -0.3 is 5.32 Å². The van der Waals surface area contributed by atoms with Crippen LogP contribution in [-0.4, -0.2) is 20.1 Å². The number of carbonyl (C=O) groups is 1. The third kappa shape index (κ3) is 4.02. The summed E-state index contributed by atoms with van der Waals surface area (Å²) in [5, 5.41) is 2.74. The van der Waals surface area contributed by atoms with Crippen LogP contribution in [0.5, 0.6) is 0 Å². The number of halogens is 3. The summed E-state index contributed by atoms with van der Waals surface area (Å²) in [7, 11) is -4.08. The number of hydrogen-bond acceptors (Lipinski definition) is 3. The first-order valence-electron chi connectivity index (χ1n) is 6.01. The highest BCUT2D eigenvalue weighted by Crippen LogP contribution is 2.17. The minimum Gasteiger partial charge on any atom is -0.325 e. The molecule has 8 heteroatoms. The van der Waals surface area contributed by atoms with Crippen molar-refractivity contribution in [2.75, 3.05) is 11.1 Å². The average Bonchev–Trinajstić information content (AvgIpc) is 2.41. The molecule has 1 amide bonds. The molecule has 2 rings (SSSR count). The average molecular weight is 346 g/mol. The van der Waals surface area contributed by atoms with Gasteiger partial charge in [0.05, 0.1) is 4.90 Å². The highest BCUT2D eigenvalue weighted by Gasteiger charge is 2.21. The van der Waals surface area contributed by atoms with Crippen LogP contribution in [0.1, 0.15) is 0 Å². The lowest BCUT2D eigenvalue weighted by molar-refractivity contribution is -0.113. The number of sulfone groups is 1. The second-order valence-electron chi connectivity index (χ2n) is 4.39. The van der Waals surface area contributed by atoms with Gasteiger partial charge in [0.2, 0.25) is 5.91 Å². The molecule has 0 bridgehead atoms. The van der Waals surface area contributed by atoms with E-state index in [0.29, 0.717) is 22.8 Å². The molecule has 1 N–H and O–H groups in total. The Bertz CT molecular complexity index is 825. The summed E-state index contributed by atoms with van der Waals surface area (Å²) in [6, 6.07) is 8.30. The maximum Gasteiger partial charge on any atom is 0.239 e. The van der Waals surface area contributed by atoms with Crippen LogP contribution in [0.25, 0.3) is 0 Å². The van der Waals surface area contributed by atoms with Crippen LogP contribution in [0, 0.1) is 11.6 Å². The third-order valence-electron chi connectivity index (χ3n) is 2.68. The molecule has 0 fully saturated rings. The molecule has 116 valence electrons. The van der Waals surface area contributed by atoms with Crippen molar-refractivity contribution in [2.45, 2.75) is 4.90 Å². The second kappa shape index (κ2) is 6.41. The van der Waals surface area contributed by atoms with Gasteiger partial charge >= 0.3 is 0 Å². The Balaban J connectivity index is 2.14. The second-order valence-corrected chi connectivity index (χ2v) is 6.82. The highest BCUT2D eigenvalue weighted by molar-refractivity contribution is 7.92. The molecule has 0 aromatic heterocycles. The van der Waals surface area contributed by atoms with Crippen molar-refractivity contribution in [3.05, 3.63) is 59.1 Å². The van der Waals surface area contributed by atoms with Gasteiger partial charge in [0.1, 0.15) is 5.75 Å². The van der Waals surface area contributed by atoms with Crippen LogP contribution >= 0.6 is 11.6 Å². The Morgan fingerprint density at radius 2 is 1.82 bits per heavy atom. The van der Waals surface area contributed by atoms with Crippen molar-refractivity contribution < 1.29 is 22.0 Å². The molecule has 22 heavy (non-hydrogen) atoms. The van der Waals surface area contributed by atoms with E-state index < -0.39 is 38.0 Å². The van der Waals surface area contributed by atoms with E-state index in [4.69, 9.17) is 11.6 Å². The quantitative estimate of drug-likeness (QED) is 0.866. The van der Waals surface area contributed by atoms with E-state index >= 15 is 0 Å². The van der Waals surface area contributed by atoms with E-state index in [1.807, 2.05) is 0 Å². The fourth-order valence-electron chi connectivity index (χ4n) is 1.69. The number of rotatable bonds is 4. The molecular weight excluding hydrogens is 336 g/mol. The zero-order valence-electron chi connectivity index (χ0n) is 11.0. The molecular formula is C14H10ClF2NO3S. The topological polar surface area (TPSA) is 63.2 Å². The molecule has 0 aliphatic rings. The predicted molar refractivity (Wildman–Crippen MR) is 78.5 cm³/mol. The largest absolute Gasteiger partial charge is 0.325 e. The molecule has 2 aromatic rings. The first-order chi connectivity index (χ1) is 10.3. The summed E-state index contributed by atoms with van der Waals surface area (Å²) in [6.45, 7) is 0. The molecule has 0 heterocycles. The molecule has 0 saturated carbocycles. The number of hydrogen-bond donors (Lipinski definition) is 1. The molecule has 0 aliphatic carbocycles. The van der Waals surface area contributed by atoms with Crippen molar-refractivity contribution >= 4 is 33.0 Å². The lowest BCUT2D eigenvalue weighted by atomic mass is 10.3. The summed E-state index contributed by atoms with van der Waals surface area (Å²) in [5.74, 6) is -4.17. The van der Waals surface area contributed by atoms with E-state index in [1.165, 1.54) is 12.1 Å². The van der Waals surface area contributed by atoms with Crippen molar-refractivity contribution in [1.82, 2.24) is 0 Å². The van der Waals surface area contributed by atoms with Crippen LogP contribution in [0.15, 0.2) is 47.4 Å². The molecule has 0 atom stereocenters. The van der Waals surface area contributed by atoms with Gasteiger partial charge in [-0.3, -0.25) is 4.79 Å². The molecule has 0 spiro atoms. The van der Waals surface area contributed by atoms with E-state index in [-0.39, 0.29) is 0 Å². The first kappa shape index (κ1) is 16.4. The zero-order chi connectivity index (χ0) is 16.3. The van der Waals surface area contributed by atoms with Crippen LogP contribution in [-0.2, 0) is 14.6 Å². The molecule has 4 nitrogen and oxygen atoms in total. The Hall–Kier alpha value is -1.99. The number of carbonyl (C=O) groups excluding carboxylic acids is 1. The van der Waals surface area contributed by atoms with Crippen molar-refractivity contribution in [2.24, 2.45) is 0 Å². The number of anilines is 1. The summed E-state index contributed by atoms with van der Waals surface area (Å²) in [5.41, 5.74) is 0.331. The van der Waals surface area contributed by atoms with E-state index in [2.05, 4.69) is 5.32 Å². The minimum absolute atomic E-state index is 0.331. The van der Waals surface area contributed by atoms with Gasteiger partial charge in [0.15, 0.2) is 21.5 Å². The number of nitrogens with one attached hydrogen (secondary N) is 1. The molecule has 0 unspecified atom stereocenters. The minimum atomic E-state index is -4.08. The number of amides is 1. The Labute approximate surface area is 130 Å². The van der Waals surface area contributed by atoms with Gasteiger partial charge in [-0.25, -0.2) is 17.2 Å². The van der Waals surface area contributed by atoms with Crippen molar-refractivity contribution in [3.63, 3.8) is 0 Å². The van der Waals surface area contributed by atoms with Crippen LogP contribution in [0.2, 0.25) is 5.02 Å². The van der Waals surface area contributed by atoms with Crippen LogP contribution in [0.4, 0.5) is 14.5 Å². The normalized spacial score (nSPS) is 11.2. The van der Waals surface area contributed by atoms with Crippen LogP contribution in [0.3, 0.4) is 0 Å². The Morgan fingerprint density at radius 3 is 2.45 bits per heavy atom. The molecule has 0 radical (unpaired) electrons. The molecule has 0 saturated heterocycles. The standard InChI is InChI=1S/C14H10ClF2NO3S/c15-9-2-1-3-10(6-9)18-14(19)8-22(20,21)11-4-5-12(16)13(17)7-11/h1-7H,8H2,(H,18,19). The Kier molecular flexibility index (Phi) is 4.77. The molecule has 2 aromatic carbocycles. The van der Waals surface area contributed by atoms with Gasteiger partial charge in [-0.15, -0.1) is 0 Å². The summed E-state index contributed by atoms with van der Waals surface area (Å²) >= 11 is 5.74. The smallest absolute Gasteiger partial charge is 0.239 e. The molecule has 0 aliphatic heterocycles. The fraction of sp³-hybridized carbons (Fsp3) is 0.0714. The highest BCUT2D eigenvalue weighted by atomic mass is 35.5. The van der Waals surface area contributed by atoms with E-state index in [9.17, 15) is 22.0 Å². The Morgan fingerprint density at radius 1 is 1.09 bits per heavy atom. The van der Waals surface area contributed by atoms with Gasteiger partial charge in [-0.05, 0) is 36.4 Å². The lowest BCUT2D eigenvalue weighted by Gasteiger charge is -2.07. The van der Waals surface area contributed by atoms with Gasteiger partial charge in [0, 0.05) is 10.7 Å². The monoisotopic (exact) mass is 345 g/mol. The maximum absolute atomic E-state index is 13.1. The maximum atomic E-state index is 13.1. The summed E-state index contributed by atoms with van der Waals surface area (Å²) in [4.78, 5) is 11.3. The first-order valence-corrected chi connectivity index (χ1v) is 8.04. The predicted octanol–water partition coefficient (Wildman–Crippen LogP) is 3.03.